The average molecular weight is 629 g/mol. The molecule has 0 saturated carbocycles. The minimum Gasteiger partial charge on any atom is -0.456 e. The summed E-state index contributed by atoms with van der Waals surface area (Å²) in [5.41, 5.74) is 5.27. The molecule has 10 heteroatoms. The molecule has 47 heavy (non-hydrogen) atoms. The molecule has 0 spiro atoms. The van der Waals surface area contributed by atoms with Crippen LogP contribution in [0.25, 0.3) is 22.5 Å². The topological polar surface area (TPSA) is 116 Å². The average Bonchev–Trinajstić information content (AvgIpc) is 3.77. The number of ketones is 1. The number of nitrogens with one attached hydrogen (secondary N) is 1. The molecule has 0 saturated heterocycles. The van der Waals surface area contributed by atoms with Crippen molar-refractivity contribution in [2.75, 3.05) is 0 Å². The molecule has 9 nitrogen and oxygen atoms in total. The van der Waals surface area contributed by atoms with Crippen LogP contribution in [0.4, 0.5) is 4.39 Å². The number of imidazole rings is 1. The maximum absolute atomic E-state index is 15.8. The van der Waals surface area contributed by atoms with Crippen LogP contribution in [-0.2, 0) is 30.7 Å². The van der Waals surface area contributed by atoms with Crippen molar-refractivity contribution in [1.82, 2.24) is 30.2 Å². The lowest BCUT2D eigenvalue weighted by Crippen LogP contribution is -2.17. The van der Waals surface area contributed by atoms with Gasteiger partial charge in [-0.15, -0.1) is 5.10 Å². The highest BCUT2D eigenvalue weighted by Gasteiger charge is 2.24. The first-order chi connectivity index (χ1) is 23.0. The number of hydrogen-bond donors (Lipinski definition) is 1. The van der Waals surface area contributed by atoms with Crippen LogP contribution in [0.2, 0.25) is 0 Å². The van der Waals surface area contributed by atoms with Crippen LogP contribution < -0.4 is 0 Å². The van der Waals surface area contributed by atoms with E-state index in [-0.39, 0.29) is 18.9 Å². The van der Waals surface area contributed by atoms with E-state index in [0.717, 1.165) is 17.5 Å². The fraction of sp³-hybridized carbons (Fsp3) is 0.189. The molecule has 0 aliphatic rings. The van der Waals surface area contributed by atoms with Crippen molar-refractivity contribution in [3.05, 3.63) is 142 Å². The van der Waals surface area contributed by atoms with Crippen LogP contribution in [-0.4, -0.2) is 41.9 Å². The van der Waals surface area contributed by atoms with Gasteiger partial charge in [-0.1, -0.05) is 98.8 Å². The monoisotopic (exact) mass is 628 g/mol. The van der Waals surface area contributed by atoms with Crippen LogP contribution in [0.1, 0.15) is 69.3 Å². The Labute approximate surface area is 271 Å². The number of halogens is 1. The molecule has 1 N–H and O–H groups in total. The van der Waals surface area contributed by atoms with Crippen molar-refractivity contribution < 1.29 is 18.7 Å². The summed E-state index contributed by atoms with van der Waals surface area (Å²) in [6.07, 6.45) is 1.91. The summed E-state index contributed by atoms with van der Waals surface area (Å²) in [5.74, 6) is 0.0984. The number of esters is 1. The maximum Gasteiger partial charge on any atom is 0.357 e. The number of hydrogen-bond acceptors (Lipinski definition) is 7. The number of benzene rings is 4. The van der Waals surface area contributed by atoms with E-state index >= 15 is 4.39 Å². The Morgan fingerprint density at radius 1 is 0.872 bits per heavy atom. The lowest BCUT2D eigenvalue weighted by molar-refractivity contribution is 0.0458. The van der Waals surface area contributed by atoms with Gasteiger partial charge < -0.3 is 9.30 Å². The highest BCUT2D eigenvalue weighted by atomic mass is 19.1. The third-order valence-electron chi connectivity index (χ3n) is 7.94. The smallest absolute Gasteiger partial charge is 0.357 e. The summed E-state index contributed by atoms with van der Waals surface area (Å²) in [7, 11) is 0. The second kappa shape index (κ2) is 14.1. The van der Waals surface area contributed by atoms with Gasteiger partial charge in [0, 0.05) is 28.7 Å². The molecule has 0 fully saturated rings. The van der Waals surface area contributed by atoms with Crippen LogP contribution in [0.5, 0.6) is 0 Å². The Morgan fingerprint density at radius 2 is 1.64 bits per heavy atom. The lowest BCUT2D eigenvalue weighted by atomic mass is 9.98. The summed E-state index contributed by atoms with van der Waals surface area (Å²) in [4.78, 5) is 31.4. The van der Waals surface area contributed by atoms with Crippen LogP contribution in [0.3, 0.4) is 0 Å². The van der Waals surface area contributed by atoms with E-state index in [2.05, 4.69) is 20.6 Å². The first-order valence-corrected chi connectivity index (χ1v) is 15.5. The zero-order valence-electron chi connectivity index (χ0n) is 26.1. The van der Waals surface area contributed by atoms with Gasteiger partial charge in [-0.3, -0.25) is 4.79 Å². The minimum absolute atomic E-state index is 0.0324. The van der Waals surface area contributed by atoms with Crippen LogP contribution in [0, 0.1) is 5.82 Å². The number of nitrogens with zero attached hydrogens (tertiary/aromatic N) is 5. The molecule has 0 atom stereocenters. The van der Waals surface area contributed by atoms with Crippen molar-refractivity contribution in [3.8, 4) is 22.5 Å². The predicted octanol–water partition coefficient (Wildman–Crippen LogP) is 7.02. The first kappa shape index (κ1) is 31.2. The van der Waals surface area contributed by atoms with Gasteiger partial charge in [0.1, 0.15) is 18.2 Å². The molecule has 0 unspecified atom stereocenters. The molecule has 6 aromatic rings. The summed E-state index contributed by atoms with van der Waals surface area (Å²) >= 11 is 0. The number of aryl methyl sites for hydroxylation is 2. The van der Waals surface area contributed by atoms with E-state index in [9.17, 15) is 9.59 Å². The highest BCUT2D eigenvalue weighted by molar-refractivity contribution is 6.09. The van der Waals surface area contributed by atoms with Gasteiger partial charge in [0.2, 0.25) is 0 Å². The van der Waals surface area contributed by atoms with Crippen LogP contribution in [0.15, 0.2) is 97.1 Å². The van der Waals surface area contributed by atoms with E-state index in [1.165, 1.54) is 6.07 Å². The number of tetrazole rings is 1. The molecule has 6 rings (SSSR count). The van der Waals surface area contributed by atoms with E-state index < -0.39 is 11.8 Å². The van der Waals surface area contributed by atoms with Crippen molar-refractivity contribution in [3.63, 3.8) is 0 Å². The zero-order chi connectivity index (χ0) is 32.8. The Hall–Kier alpha value is -5.77. The van der Waals surface area contributed by atoms with Gasteiger partial charge >= 0.3 is 5.97 Å². The third-order valence-corrected chi connectivity index (χ3v) is 7.94. The second-order valence-electron chi connectivity index (χ2n) is 11.1. The largest absolute Gasteiger partial charge is 0.456 e. The number of rotatable bonds is 12. The molecule has 2 aromatic heterocycles. The normalized spacial score (nSPS) is 11.0. The SMILES string of the molecule is CCCc1nc(CC)c(C(=O)OCc2cccc(C(=O)c3ccccc3)c2)n1Cc1ccc(-c2ccccc2-c2nnn[nH]2)cc1F. The lowest BCUT2D eigenvalue weighted by Gasteiger charge is -2.14. The number of carbonyl (C=O) groups excluding carboxylic acids is 2. The van der Waals surface area contributed by atoms with Gasteiger partial charge in [-0.05, 0) is 52.1 Å². The van der Waals surface area contributed by atoms with Gasteiger partial charge in [-0.2, -0.15) is 0 Å². The molecule has 236 valence electrons. The Balaban J connectivity index is 1.26. The van der Waals surface area contributed by atoms with E-state index in [4.69, 9.17) is 9.72 Å². The molecule has 0 aliphatic heterocycles. The highest BCUT2D eigenvalue weighted by Crippen LogP contribution is 2.31. The third kappa shape index (κ3) is 6.76. The minimum atomic E-state index is -0.553. The molecule has 4 aromatic carbocycles. The Morgan fingerprint density at radius 3 is 2.36 bits per heavy atom. The van der Waals surface area contributed by atoms with Crippen molar-refractivity contribution in [2.45, 2.75) is 46.3 Å². The predicted molar refractivity (Wildman–Crippen MR) is 175 cm³/mol. The zero-order valence-corrected chi connectivity index (χ0v) is 26.1. The van der Waals surface area contributed by atoms with E-state index in [0.29, 0.717) is 63.7 Å². The van der Waals surface area contributed by atoms with Gasteiger partial charge in [-0.25, -0.2) is 19.3 Å². The van der Waals surface area contributed by atoms with Gasteiger partial charge in [0.15, 0.2) is 17.3 Å². The standard InChI is InChI=1S/C37H33FN6O3/c1-3-11-33-39-32(4-2)34(37(46)47-23-24-12-10-15-27(20-24)35(45)25-13-6-5-7-14-25)44(33)22-28-19-18-26(21-31(28)38)29-16-8-9-17-30(29)36-40-42-43-41-36/h5-10,12-21H,3-4,11,22-23H2,1-2H3,(H,40,41,42,43). The quantitative estimate of drug-likeness (QED) is 0.114. The number of aromatic amines is 1. The van der Waals surface area contributed by atoms with Crippen molar-refractivity contribution >= 4 is 11.8 Å². The number of carbonyl (C=O) groups is 2. The first-order valence-electron chi connectivity index (χ1n) is 15.5. The fourth-order valence-corrected chi connectivity index (χ4v) is 5.62. The number of H-pyrrole nitrogens is 1. The molecule has 2 heterocycles. The summed E-state index contributed by atoms with van der Waals surface area (Å²) in [6.45, 7) is 4.03. The Kier molecular flexibility index (Phi) is 9.38. The summed E-state index contributed by atoms with van der Waals surface area (Å²) < 4.78 is 23.4. The molecular weight excluding hydrogens is 595 g/mol. The van der Waals surface area contributed by atoms with Gasteiger partial charge in [0.25, 0.3) is 0 Å². The summed E-state index contributed by atoms with van der Waals surface area (Å²) in [5, 5.41) is 14.1. The second-order valence-corrected chi connectivity index (χ2v) is 11.1. The number of aromatic nitrogens is 6. The van der Waals surface area contributed by atoms with Gasteiger partial charge in [0.05, 0.1) is 12.2 Å². The molecule has 0 amide bonds. The molecule has 0 radical (unpaired) electrons. The number of ether oxygens (including phenoxy) is 1. The molecule has 0 aliphatic carbocycles. The van der Waals surface area contributed by atoms with Crippen molar-refractivity contribution in [1.29, 1.82) is 0 Å². The molecule has 0 bridgehead atoms. The van der Waals surface area contributed by atoms with Crippen LogP contribution >= 0.6 is 0 Å². The Bertz CT molecular complexity index is 2020. The van der Waals surface area contributed by atoms with E-state index in [1.54, 1.807) is 41.0 Å². The van der Waals surface area contributed by atoms with E-state index in [1.807, 2.05) is 68.4 Å². The summed E-state index contributed by atoms with van der Waals surface area (Å²) in [6, 6.07) is 28.6. The maximum atomic E-state index is 15.8. The fourth-order valence-electron chi connectivity index (χ4n) is 5.62. The van der Waals surface area contributed by atoms with Crippen molar-refractivity contribution in [2.24, 2.45) is 0 Å². The molecular formula is C37H33FN6O3.